The van der Waals surface area contributed by atoms with Gasteiger partial charge in [-0.15, -0.1) is 0 Å². The van der Waals surface area contributed by atoms with Crippen molar-refractivity contribution in [3.05, 3.63) is 0 Å². The third-order valence-electron chi connectivity index (χ3n) is 3.95. The zero-order valence-corrected chi connectivity index (χ0v) is 14.4. The molecular weight excluding hydrogens is 290 g/mol. The van der Waals surface area contributed by atoms with Gasteiger partial charge in [0.2, 0.25) is 15.9 Å². The second-order valence-electron chi connectivity index (χ2n) is 6.98. The van der Waals surface area contributed by atoms with Crippen molar-refractivity contribution < 1.29 is 13.2 Å². The van der Waals surface area contributed by atoms with Crippen LogP contribution in [0.25, 0.3) is 0 Å². The van der Waals surface area contributed by atoms with Crippen LogP contribution in [-0.2, 0) is 14.8 Å². The summed E-state index contributed by atoms with van der Waals surface area (Å²) in [7, 11) is -3.18. The molecule has 0 aromatic heterocycles. The van der Waals surface area contributed by atoms with Crippen LogP contribution in [0.4, 0.5) is 0 Å². The average molecular weight is 319 g/mol. The third kappa shape index (κ3) is 5.92. The molecule has 6 nitrogen and oxygen atoms in total. The maximum absolute atomic E-state index is 12.6. The fourth-order valence-electron chi connectivity index (χ4n) is 2.55. The summed E-state index contributed by atoms with van der Waals surface area (Å²) in [6.07, 6.45) is 4.74. The van der Waals surface area contributed by atoms with Crippen molar-refractivity contribution in [1.29, 1.82) is 0 Å². The molecule has 3 N–H and O–H groups in total. The van der Waals surface area contributed by atoms with Gasteiger partial charge in [0.1, 0.15) is 0 Å². The highest BCUT2D eigenvalue weighted by Crippen LogP contribution is 2.25. The van der Waals surface area contributed by atoms with Gasteiger partial charge in [-0.05, 0) is 31.1 Å². The summed E-state index contributed by atoms with van der Waals surface area (Å²) < 4.78 is 24.7. The Morgan fingerprint density at radius 3 is 2.52 bits per heavy atom. The standard InChI is InChI=1S/C14H29N3O3S/c1-14(2,3)12(15)13(18)17-10-6-5-7-11(17)8-9-16-21(4,19)20/h11-12,16H,5-10,15H2,1-4H3. The topological polar surface area (TPSA) is 92.5 Å². The van der Waals surface area contributed by atoms with Crippen LogP contribution >= 0.6 is 0 Å². The van der Waals surface area contributed by atoms with Crippen molar-refractivity contribution in [3.8, 4) is 0 Å². The van der Waals surface area contributed by atoms with E-state index in [1.165, 1.54) is 0 Å². The van der Waals surface area contributed by atoms with Crippen LogP contribution in [0.3, 0.4) is 0 Å². The van der Waals surface area contributed by atoms with E-state index in [0.717, 1.165) is 25.5 Å². The predicted molar refractivity (Wildman–Crippen MR) is 84.2 cm³/mol. The van der Waals surface area contributed by atoms with Gasteiger partial charge < -0.3 is 10.6 Å². The quantitative estimate of drug-likeness (QED) is 0.779. The number of nitrogens with zero attached hydrogens (tertiary/aromatic N) is 1. The Balaban J connectivity index is 2.67. The molecule has 2 atom stereocenters. The maximum atomic E-state index is 12.6. The lowest BCUT2D eigenvalue weighted by Crippen LogP contribution is -2.55. The van der Waals surface area contributed by atoms with E-state index in [-0.39, 0.29) is 17.4 Å². The Bertz CT molecular complexity index is 457. The molecule has 0 bridgehead atoms. The summed E-state index contributed by atoms with van der Waals surface area (Å²) in [5, 5.41) is 0. The van der Waals surface area contributed by atoms with Gasteiger partial charge >= 0.3 is 0 Å². The van der Waals surface area contributed by atoms with Crippen LogP contribution in [0, 0.1) is 5.41 Å². The van der Waals surface area contributed by atoms with E-state index >= 15 is 0 Å². The zero-order valence-electron chi connectivity index (χ0n) is 13.6. The number of hydrogen-bond acceptors (Lipinski definition) is 4. The molecule has 1 aliphatic heterocycles. The van der Waals surface area contributed by atoms with Crippen LogP contribution in [0.15, 0.2) is 0 Å². The van der Waals surface area contributed by atoms with Crippen molar-refractivity contribution in [3.63, 3.8) is 0 Å². The molecule has 1 amide bonds. The molecule has 0 aromatic rings. The van der Waals surface area contributed by atoms with Crippen molar-refractivity contribution in [2.45, 2.75) is 58.5 Å². The Morgan fingerprint density at radius 1 is 1.38 bits per heavy atom. The highest BCUT2D eigenvalue weighted by Gasteiger charge is 2.35. The first-order chi connectivity index (χ1) is 9.52. The Kier molecular flexibility index (Phi) is 6.19. The molecule has 124 valence electrons. The molecule has 1 fully saturated rings. The predicted octanol–water partition coefficient (Wildman–Crippen LogP) is 0.680. The highest BCUT2D eigenvalue weighted by molar-refractivity contribution is 7.88. The molecule has 0 aliphatic carbocycles. The monoisotopic (exact) mass is 319 g/mol. The van der Waals surface area contributed by atoms with Gasteiger partial charge in [-0.2, -0.15) is 0 Å². The van der Waals surface area contributed by atoms with Gasteiger partial charge in [-0.1, -0.05) is 20.8 Å². The van der Waals surface area contributed by atoms with Crippen molar-refractivity contribution >= 4 is 15.9 Å². The van der Waals surface area contributed by atoms with E-state index in [9.17, 15) is 13.2 Å². The molecule has 1 aliphatic rings. The molecule has 0 radical (unpaired) electrons. The number of amides is 1. The van der Waals surface area contributed by atoms with Gasteiger partial charge in [0.05, 0.1) is 12.3 Å². The summed E-state index contributed by atoms with van der Waals surface area (Å²) in [6, 6.07) is -0.449. The molecule has 0 spiro atoms. The van der Waals surface area contributed by atoms with E-state index in [4.69, 9.17) is 5.73 Å². The van der Waals surface area contributed by atoms with E-state index in [1.54, 1.807) is 0 Å². The van der Waals surface area contributed by atoms with Crippen molar-refractivity contribution in [2.24, 2.45) is 11.1 Å². The van der Waals surface area contributed by atoms with Crippen LogP contribution in [0.1, 0.15) is 46.5 Å². The SMILES string of the molecule is CC(C)(C)C(N)C(=O)N1CCCCC1CCNS(C)(=O)=O. The second-order valence-corrected chi connectivity index (χ2v) is 8.81. The fourth-order valence-corrected chi connectivity index (χ4v) is 3.04. The number of piperidine rings is 1. The first kappa shape index (κ1) is 18.4. The van der Waals surface area contributed by atoms with Gasteiger partial charge in [0.25, 0.3) is 0 Å². The third-order valence-corrected chi connectivity index (χ3v) is 4.68. The van der Waals surface area contributed by atoms with Crippen molar-refractivity contribution in [2.75, 3.05) is 19.3 Å². The number of hydrogen-bond donors (Lipinski definition) is 2. The number of carbonyl (C=O) groups is 1. The summed E-state index contributed by atoms with van der Waals surface area (Å²) >= 11 is 0. The lowest BCUT2D eigenvalue weighted by molar-refractivity contribution is -0.138. The van der Waals surface area contributed by atoms with Crippen LogP contribution < -0.4 is 10.5 Å². The lowest BCUT2D eigenvalue weighted by atomic mass is 9.85. The summed E-state index contributed by atoms with van der Waals surface area (Å²) in [6.45, 7) is 6.95. The second kappa shape index (κ2) is 7.07. The summed E-state index contributed by atoms with van der Waals surface area (Å²) in [4.78, 5) is 14.4. The molecule has 2 unspecified atom stereocenters. The van der Waals surface area contributed by atoms with Gasteiger partial charge in [-0.3, -0.25) is 4.79 Å². The van der Waals surface area contributed by atoms with E-state index in [2.05, 4.69) is 4.72 Å². The number of nitrogens with two attached hydrogens (primary N) is 1. The molecule has 1 rings (SSSR count). The highest BCUT2D eigenvalue weighted by atomic mass is 32.2. The molecule has 7 heteroatoms. The molecule has 1 saturated heterocycles. The average Bonchev–Trinajstić information content (AvgIpc) is 2.35. The Labute approximate surface area is 128 Å². The minimum atomic E-state index is -3.18. The van der Waals surface area contributed by atoms with E-state index < -0.39 is 16.1 Å². The maximum Gasteiger partial charge on any atom is 0.240 e. The normalized spacial score (nSPS) is 22.1. The molecular formula is C14H29N3O3S. The summed E-state index contributed by atoms with van der Waals surface area (Å²) in [5.41, 5.74) is 5.81. The lowest BCUT2D eigenvalue weighted by Gasteiger charge is -2.39. The number of nitrogens with one attached hydrogen (secondary N) is 1. The Hall–Kier alpha value is -0.660. The number of rotatable bonds is 5. The smallest absolute Gasteiger partial charge is 0.240 e. The largest absolute Gasteiger partial charge is 0.338 e. The van der Waals surface area contributed by atoms with Gasteiger partial charge in [0, 0.05) is 19.1 Å². The summed E-state index contributed by atoms with van der Waals surface area (Å²) in [5.74, 6) is -0.0217. The van der Waals surface area contributed by atoms with Crippen molar-refractivity contribution in [1.82, 2.24) is 9.62 Å². The molecule has 0 saturated carbocycles. The molecule has 0 aromatic carbocycles. The first-order valence-electron chi connectivity index (χ1n) is 7.53. The van der Waals surface area contributed by atoms with E-state index in [0.29, 0.717) is 19.5 Å². The van der Waals surface area contributed by atoms with Crippen LogP contribution in [-0.4, -0.2) is 50.7 Å². The zero-order chi connectivity index (χ0) is 16.3. The minimum Gasteiger partial charge on any atom is -0.338 e. The minimum absolute atomic E-state index is 0.0217. The number of likely N-dealkylation sites (tertiary alicyclic amines) is 1. The molecule has 21 heavy (non-hydrogen) atoms. The van der Waals surface area contributed by atoms with Crippen LogP contribution in [0.5, 0.6) is 0 Å². The first-order valence-corrected chi connectivity index (χ1v) is 9.42. The van der Waals surface area contributed by atoms with Crippen LogP contribution in [0.2, 0.25) is 0 Å². The number of sulfonamides is 1. The Morgan fingerprint density at radius 2 is 2.00 bits per heavy atom. The molecule has 1 heterocycles. The number of carbonyl (C=O) groups excluding carboxylic acids is 1. The van der Waals surface area contributed by atoms with E-state index in [1.807, 2.05) is 25.7 Å². The fraction of sp³-hybridized carbons (Fsp3) is 0.929. The van der Waals surface area contributed by atoms with Gasteiger partial charge in [0.15, 0.2) is 0 Å². The van der Waals surface area contributed by atoms with Gasteiger partial charge in [-0.25, -0.2) is 13.1 Å².